The number of rotatable bonds is 7. The van der Waals surface area contributed by atoms with E-state index in [0.29, 0.717) is 23.8 Å². The number of carbonyl (C=O) groups excluding carboxylic acids is 2. The Morgan fingerprint density at radius 3 is 2.64 bits per heavy atom. The van der Waals surface area contributed by atoms with Crippen LogP contribution in [-0.2, 0) is 12.1 Å². The number of aromatic nitrogens is 1. The predicted molar refractivity (Wildman–Crippen MR) is 138 cm³/mol. The van der Waals surface area contributed by atoms with E-state index < -0.39 is 41.0 Å². The minimum absolute atomic E-state index is 0.0716. The van der Waals surface area contributed by atoms with E-state index in [1.165, 1.54) is 6.20 Å². The summed E-state index contributed by atoms with van der Waals surface area (Å²) in [4.78, 5) is 30.2. The molecule has 204 valence electrons. The average molecular weight is 539 g/mol. The molecule has 2 aliphatic heterocycles. The Balaban J connectivity index is 1.26. The molecule has 2 fully saturated rings. The zero-order valence-electron chi connectivity index (χ0n) is 21.6. The molecule has 2 bridgehead atoms. The van der Waals surface area contributed by atoms with Gasteiger partial charge in [-0.15, -0.1) is 0 Å². The van der Waals surface area contributed by atoms with E-state index in [1.807, 2.05) is 13.0 Å². The van der Waals surface area contributed by atoms with E-state index in [9.17, 15) is 22.8 Å². The molecule has 2 aliphatic rings. The van der Waals surface area contributed by atoms with Gasteiger partial charge in [0.2, 0.25) is 0 Å². The molecule has 2 amide bonds. The van der Waals surface area contributed by atoms with Gasteiger partial charge in [0.1, 0.15) is 11.6 Å². The van der Waals surface area contributed by atoms with Gasteiger partial charge >= 0.3 is 0 Å². The number of piperidine rings is 1. The third-order valence-corrected chi connectivity index (χ3v) is 7.73. The van der Waals surface area contributed by atoms with Crippen molar-refractivity contribution < 1.29 is 27.5 Å². The van der Waals surface area contributed by atoms with Gasteiger partial charge in [0, 0.05) is 41.5 Å². The number of pyridine rings is 1. The summed E-state index contributed by atoms with van der Waals surface area (Å²) in [5, 5.41) is 9.25. The summed E-state index contributed by atoms with van der Waals surface area (Å²) in [5.74, 6) is -3.54. The van der Waals surface area contributed by atoms with Crippen LogP contribution in [0.25, 0.3) is 0 Å². The molecular weight excluding hydrogens is 509 g/mol. The summed E-state index contributed by atoms with van der Waals surface area (Å²) >= 11 is 0. The van der Waals surface area contributed by atoms with Crippen molar-refractivity contribution in [1.29, 1.82) is 0 Å². The minimum Gasteiger partial charge on any atom is -0.496 e. The van der Waals surface area contributed by atoms with Crippen molar-refractivity contribution in [1.82, 2.24) is 20.9 Å². The molecular formula is C29H29F3N4O3. The average Bonchev–Trinajstić information content (AvgIpc) is 3.25. The zero-order valence-corrected chi connectivity index (χ0v) is 21.6. The summed E-state index contributed by atoms with van der Waals surface area (Å²) in [6, 6.07) is 10.4. The molecule has 2 saturated heterocycles. The van der Waals surface area contributed by atoms with Crippen LogP contribution < -0.4 is 20.7 Å². The van der Waals surface area contributed by atoms with Crippen molar-refractivity contribution in [3.05, 3.63) is 94.1 Å². The van der Waals surface area contributed by atoms with Crippen LogP contribution in [0.4, 0.5) is 13.2 Å². The smallest absolute Gasteiger partial charge is 0.253 e. The lowest BCUT2D eigenvalue weighted by molar-refractivity contribution is 0.0906. The lowest BCUT2D eigenvalue weighted by Gasteiger charge is -2.39. The van der Waals surface area contributed by atoms with Crippen molar-refractivity contribution in [3.63, 3.8) is 0 Å². The second kappa shape index (κ2) is 10.7. The molecule has 0 spiro atoms. The normalized spacial score (nSPS) is 21.9. The fourth-order valence-electron chi connectivity index (χ4n) is 5.72. The lowest BCUT2D eigenvalue weighted by Crippen LogP contribution is -2.54. The highest BCUT2D eigenvalue weighted by molar-refractivity contribution is 5.96. The highest BCUT2D eigenvalue weighted by Gasteiger charge is 2.47. The van der Waals surface area contributed by atoms with Crippen LogP contribution in [0.5, 0.6) is 5.75 Å². The lowest BCUT2D eigenvalue weighted by atomic mass is 9.84. The molecule has 0 radical (unpaired) electrons. The number of hydrogen-bond acceptors (Lipinski definition) is 5. The first kappa shape index (κ1) is 26.7. The molecule has 2 aromatic carbocycles. The number of nitrogens with one attached hydrogen (secondary N) is 3. The van der Waals surface area contributed by atoms with Crippen LogP contribution in [0.2, 0.25) is 0 Å². The van der Waals surface area contributed by atoms with Gasteiger partial charge in [-0.3, -0.25) is 14.6 Å². The van der Waals surface area contributed by atoms with Crippen LogP contribution in [0.1, 0.15) is 63.2 Å². The third-order valence-electron chi connectivity index (χ3n) is 7.73. The second-order valence-electron chi connectivity index (χ2n) is 10.1. The Morgan fingerprint density at radius 2 is 1.90 bits per heavy atom. The number of ether oxygens (including phenoxy) is 1. The van der Waals surface area contributed by atoms with Crippen molar-refractivity contribution in [3.8, 4) is 5.75 Å². The molecule has 10 heteroatoms. The maximum Gasteiger partial charge on any atom is 0.253 e. The van der Waals surface area contributed by atoms with Crippen molar-refractivity contribution in [2.75, 3.05) is 7.11 Å². The van der Waals surface area contributed by atoms with Gasteiger partial charge in [-0.1, -0.05) is 6.07 Å². The SMILES string of the molecule is COc1cccc(C(=O)NC2CC3CCC(c4ccc(C(=O)NCc5c(F)ccc(F)c5F)cn4)(C2)N3)c1C. The second-order valence-corrected chi connectivity index (χ2v) is 10.1. The fraction of sp³-hybridized carbons (Fsp3) is 0.345. The van der Waals surface area contributed by atoms with E-state index in [0.717, 1.165) is 36.6 Å². The highest BCUT2D eigenvalue weighted by atomic mass is 19.2. The summed E-state index contributed by atoms with van der Waals surface area (Å²) in [6.07, 6.45) is 4.60. The summed E-state index contributed by atoms with van der Waals surface area (Å²) in [7, 11) is 1.57. The van der Waals surface area contributed by atoms with Crippen LogP contribution >= 0.6 is 0 Å². The Kier molecular flexibility index (Phi) is 7.31. The number of amides is 2. The number of halogens is 3. The zero-order chi connectivity index (χ0) is 27.7. The van der Waals surface area contributed by atoms with E-state index in [2.05, 4.69) is 20.9 Å². The molecule has 3 N–H and O–H groups in total. The van der Waals surface area contributed by atoms with Gasteiger partial charge in [0.15, 0.2) is 11.6 Å². The largest absolute Gasteiger partial charge is 0.496 e. The van der Waals surface area contributed by atoms with E-state index >= 15 is 0 Å². The van der Waals surface area contributed by atoms with Gasteiger partial charge in [-0.2, -0.15) is 0 Å². The van der Waals surface area contributed by atoms with Gasteiger partial charge < -0.3 is 20.7 Å². The summed E-state index contributed by atoms with van der Waals surface area (Å²) in [5.41, 5.74) is 1.31. The molecule has 1 aromatic heterocycles. The van der Waals surface area contributed by atoms with Gasteiger partial charge in [0.05, 0.1) is 23.9 Å². The van der Waals surface area contributed by atoms with E-state index in [-0.39, 0.29) is 23.6 Å². The summed E-state index contributed by atoms with van der Waals surface area (Å²) in [6.45, 7) is 1.35. The predicted octanol–water partition coefficient (Wildman–Crippen LogP) is 4.29. The topological polar surface area (TPSA) is 92.3 Å². The quantitative estimate of drug-likeness (QED) is 0.391. The minimum atomic E-state index is -1.33. The standard InChI is InChI=1S/C29H29F3N4O3/c1-16-20(4-3-5-24(16)39-2)28(38)35-19-12-18-10-11-29(13-19,36-18)25-9-6-17(14-33-25)27(37)34-15-21-22(30)7-8-23(31)26(21)32/h3-9,14,18-19,36H,10-13,15H2,1-2H3,(H,34,37)(H,35,38). The first-order valence-electron chi connectivity index (χ1n) is 12.8. The van der Waals surface area contributed by atoms with Crippen LogP contribution in [0.3, 0.4) is 0 Å². The Labute approximate surface area is 224 Å². The number of nitrogens with zero attached hydrogens (tertiary/aromatic N) is 1. The molecule has 0 aliphatic carbocycles. The van der Waals surface area contributed by atoms with Crippen molar-refractivity contribution in [2.45, 2.75) is 56.8 Å². The number of methoxy groups -OCH3 is 1. The molecule has 3 unspecified atom stereocenters. The van der Waals surface area contributed by atoms with Crippen molar-refractivity contribution >= 4 is 11.8 Å². The Morgan fingerprint density at radius 1 is 1.10 bits per heavy atom. The van der Waals surface area contributed by atoms with E-state index in [4.69, 9.17) is 4.74 Å². The molecule has 5 rings (SSSR count). The first-order chi connectivity index (χ1) is 18.7. The Hall–Kier alpha value is -3.92. The molecule has 7 nitrogen and oxygen atoms in total. The van der Waals surface area contributed by atoms with Crippen LogP contribution in [0.15, 0.2) is 48.7 Å². The Bertz CT molecular complexity index is 1420. The highest BCUT2D eigenvalue weighted by Crippen LogP contribution is 2.42. The van der Waals surface area contributed by atoms with Gasteiger partial charge in [-0.05, 0) is 69.0 Å². The van der Waals surface area contributed by atoms with Gasteiger partial charge in [0.25, 0.3) is 11.8 Å². The maximum atomic E-state index is 13.9. The number of hydrogen-bond donors (Lipinski definition) is 3. The first-order valence-corrected chi connectivity index (χ1v) is 12.8. The number of fused-ring (bicyclic) bond motifs is 2. The maximum absolute atomic E-state index is 13.9. The molecule has 3 atom stereocenters. The van der Waals surface area contributed by atoms with Crippen LogP contribution in [0, 0.1) is 24.4 Å². The van der Waals surface area contributed by atoms with Crippen LogP contribution in [-0.4, -0.2) is 36.0 Å². The molecule has 3 heterocycles. The molecule has 0 saturated carbocycles. The van der Waals surface area contributed by atoms with Crippen molar-refractivity contribution in [2.24, 2.45) is 0 Å². The molecule has 39 heavy (non-hydrogen) atoms. The van der Waals surface area contributed by atoms with Gasteiger partial charge in [-0.25, -0.2) is 13.2 Å². The summed E-state index contributed by atoms with van der Waals surface area (Å²) < 4.78 is 46.6. The molecule has 3 aromatic rings. The number of benzene rings is 2. The monoisotopic (exact) mass is 538 g/mol. The fourth-order valence-corrected chi connectivity index (χ4v) is 5.72. The van der Waals surface area contributed by atoms with E-state index in [1.54, 1.807) is 31.4 Å². The number of carbonyl (C=O) groups is 2. The third kappa shape index (κ3) is 5.21.